The van der Waals surface area contributed by atoms with Crippen molar-refractivity contribution in [3.63, 3.8) is 0 Å². The molecule has 5 heteroatoms. The van der Waals surface area contributed by atoms with E-state index >= 15 is 0 Å². The standard InChI is InChI=1S/C14H19ClF3N/c1-3-10(4-2)13(15)9-19-12-7-5-11(6-8-12)14(16,17)18/h5-8,10,13,19H,3-4,9H2,1-2H3. The van der Waals surface area contributed by atoms with Gasteiger partial charge in [0.25, 0.3) is 0 Å². The quantitative estimate of drug-likeness (QED) is 0.714. The lowest BCUT2D eigenvalue weighted by Crippen LogP contribution is -2.22. The normalized spacial score (nSPS) is 13.6. The summed E-state index contributed by atoms with van der Waals surface area (Å²) in [6.45, 7) is 4.72. The third-order valence-electron chi connectivity index (χ3n) is 3.27. The van der Waals surface area contributed by atoms with Gasteiger partial charge in [-0.2, -0.15) is 13.2 Å². The van der Waals surface area contributed by atoms with E-state index in [4.69, 9.17) is 11.6 Å². The Labute approximate surface area is 117 Å². The van der Waals surface area contributed by atoms with Crippen LogP contribution in [0.3, 0.4) is 0 Å². The van der Waals surface area contributed by atoms with Gasteiger partial charge in [0.1, 0.15) is 0 Å². The molecule has 0 saturated heterocycles. The highest BCUT2D eigenvalue weighted by molar-refractivity contribution is 6.21. The lowest BCUT2D eigenvalue weighted by molar-refractivity contribution is -0.137. The Kier molecular flexibility index (Phi) is 5.98. The van der Waals surface area contributed by atoms with E-state index in [9.17, 15) is 13.2 Å². The number of hydrogen-bond donors (Lipinski definition) is 1. The molecule has 0 radical (unpaired) electrons. The van der Waals surface area contributed by atoms with Gasteiger partial charge in [0.15, 0.2) is 0 Å². The third kappa shape index (κ3) is 4.94. The molecule has 0 aliphatic rings. The van der Waals surface area contributed by atoms with Gasteiger partial charge < -0.3 is 5.32 Å². The zero-order chi connectivity index (χ0) is 14.5. The van der Waals surface area contributed by atoms with Gasteiger partial charge >= 0.3 is 6.18 Å². The van der Waals surface area contributed by atoms with Crippen LogP contribution in [0.1, 0.15) is 32.3 Å². The van der Waals surface area contributed by atoms with Crippen molar-refractivity contribution in [1.82, 2.24) is 0 Å². The third-order valence-corrected chi connectivity index (χ3v) is 3.78. The second kappa shape index (κ2) is 7.04. The monoisotopic (exact) mass is 293 g/mol. The lowest BCUT2D eigenvalue weighted by Gasteiger charge is -2.20. The molecule has 1 rings (SSSR count). The Morgan fingerprint density at radius 3 is 2.05 bits per heavy atom. The van der Waals surface area contributed by atoms with E-state index in [0.29, 0.717) is 18.2 Å². The first kappa shape index (κ1) is 16.2. The minimum absolute atomic E-state index is 0.0164. The van der Waals surface area contributed by atoms with Crippen molar-refractivity contribution in [2.24, 2.45) is 5.92 Å². The molecule has 1 N–H and O–H groups in total. The number of rotatable bonds is 6. The number of hydrogen-bond acceptors (Lipinski definition) is 1. The number of alkyl halides is 4. The second-order valence-electron chi connectivity index (χ2n) is 4.55. The predicted octanol–water partition coefficient (Wildman–Crippen LogP) is 5.16. The fourth-order valence-corrected chi connectivity index (χ4v) is 2.39. The van der Waals surface area contributed by atoms with Crippen molar-refractivity contribution in [3.8, 4) is 0 Å². The summed E-state index contributed by atoms with van der Waals surface area (Å²) in [6, 6.07) is 5.00. The molecule has 0 saturated carbocycles. The summed E-state index contributed by atoms with van der Waals surface area (Å²) in [5.41, 5.74) is 0.0186. The molecule has 0 amide bonds. The Hall–Kier alpha value is -0.900. The fraction of sp³-hybridized carbons (Fsp3) is 0.571. The summed E-state index contributed by atoms with van der Waals surface area (Å²) in [5.74, 6) is 0.420. The lowest BCUT2D eigenvalue weighted by atomic mass is 9.99. The maximum atomic E-state index is 12.4. The largest absolute Gasteiger partial charge is 0.416 e. The average molecular weight is 294 g/mol. The highest BCUT2D eigenvalue weighted by Crippen LogP contribution is 2.30. The molecule has 1 nitrogen and oxygen atoms in total. The molecule has 1 aromatic rings. The molecule has 0 aliphatic heterocycles. The molecule has 1 aromatic carbocycles. The molecular formula is C14H19ClF3N. The van der Waals surface area contributed by atoms with Crippen LogP contribution in [0, 0.1) is 5.92 Å². The van der Waals surface area contributed by atoms with Crippen LogP contribution < -0.4 is 5.32 Å². The van der Waals surface area contributed by atoms with Crippen LogP contribution in [-0.2, 0) is 6.18 Å². The predicted molar refractivity (Wildman–Crippen MR) is 73.6 cm³/mol. The molecule has 108 valence electrons. The molecule has 0 aliphatic carbocycles. The van der Waals surface area contributed by atoms with Crippen molar-refractivity contribution in [2.75, 3.05) is 11.9 Å². The summed E-state index contributed by atoms with van der Waals surface area (Å²) in [5, 5.41) is 3.06. The molecule has 1 atom stereocenters. The molecule has 0 spiro atoms. The molecule has 1 unspecified atom stereocenters. The Bertz CT molecular complexity index is 371. The van der Waals surface area contributed by atoms with Gasteiger partial charge in [-0.15, -0.1) is 11.6 Å². The molecule has 0 heterocycles. The summed E-state index contributed by atoms with van der Waals surface area (Å²) in [6.07, 6.45) is -2.29. The van der Waals surface area contributed by atoms with Crippen LogP contribution in [0.5, 0.6) is 0 Å². The van der Waals surface area contributed by atoms with E-state index in [0.717, 1.165) is 25.0 Å². The molecule has 0 bridgehead atoms. The van der Waals surface area contributed by atoms with Gasteiger partial charge in [-0.05, 0) is 30.2 Å². The maximum absolute atomic E-state index is 12.4. The SMILES string of the molecule is CCC(CC)C(Cl)CNc1ccc(C(F)(F)F)cc1. The minimum atomic E-state index is -4.29. The number of anilines is 1. The Morgan fingerprint density at radius 2 is 1.63 bits per heavy atom. The zero-order valence-corrected chi connectivity index (χ0v) is 11.9. The second-order valence-corrected chi connectivity index (χ2v) is 5.11. The molecular weight excluding hydrogens is 275 g/mol. The van der Waals surface area contributed by atoms with Crippen LogP contribution >= 0.6 is 11.6 Å². The summed E-state index contributed by atoms with van der Waals surface area (Å²) >= 11 is 6.26. The van der Waals surface area contributed by atoms with E-state index in [-0.39, 0.29) is 5.38 Å². The van der Waals surface area contributed by atoms with Crippen molar-refractivity contribution in [2.45, 2.75) is 38.2 Å². The Balaban J connectivity index is 2.55. The highest BCUT2D eigenvalue weighted by atomic mass is 35.5. The van der Waals surface area contributed by atoms with Crippen LogP contribution in [-0.4, -0.2) is 11.9 Å². The number of benzene rings is 1. The zero-order valence-electron chi connectivity index (χ0n) is 11.1. The van der Waals surface area contributed by atoms with Gasteiger partial charge in [-0.1, -0.05) is 26.7 Å². The smallest absolute Gasteiger partial charge is 0.384 e. The average Bonchev–Trinajstić information content (AvgIpc) is 2.37. The van der Waals surface area contributed by atoms with Crippen molar-refractivity contribution in [3.05, 3.63) is 29.8 Å². The van der Waals surface area contributed by atoms with Crippen molar-refractivity contribution in [1.29, 1.82) is 0 Å². The van der Waals surface area contributed by atoms with Crippen LogP contribution in [0.15, 0.2) is 24.3 Å². The van der Waals surface area contributed by atoms with E-state index in [2.05, 4.69) is 19.2 Å². The van der Waals surface area contributed by atoms with Gasteiger partial charge in [0.2, 0.25) is 0 Å². The first-order chi connectivity index (χ1) is 8.88. The van der Waals surface area contributed by atoms with Crippen LogP contribution in [0.2, 0.25) is 0 Å². The Morgan fingerprint density at radius 1 is 1.11 bits per heavy atom. The van der Waals surface area contributed by atoms with Gasteiger partial charge in [0, 0.05) is 12.2 Å². The highest BCUT2D eigenvalue weighted by Gasteiger charge is 2.29. The summed E-state index contributed by atoms with van der Waals surface area (Å²) in [7, 11) is 0. The van der Waals surface area contributed by atoms with Crippen molar-refractivity contribution < 1.29 is 13.2 Å². The van der Waals surface area contributed by atoms with Gasteiger partial charge in [0.05, 0.1) is 10.9 Å². The van der Waals surface area contributed by atoms with E-state index < -0.39 is 11.7 Å². The number of halogens is 4. The first-order valence-corrected chi connectivity index (χ1v) is 6.87. The van der Waals surface area contributed by atoms with Crippen LogP contribution in [0.25, 0.3) is 0 Å². The van der Waals surface area contributed by atoms with Gasteiger partial charge in [-0.25, -0.2) is 0 Å². The van der Waals surface area contributed by atoms with Crippen molar-refractivity contribution >= 4 is 17.3 Å². The maximum Gasteiger partial charge on any atom is 0.416 e. The molecule has 0 fully saturated rings. The summed E-state index contributed by atoms with van der Waals surface area (Å²) in [4.78, 5) is 0. The molecule has 0 aromatic heterocycles. The van der Waals surface area contributed by atoms with Crippen LogP contribution in [0.4, 0.5) is 18.9 Å². The first-order valence-electron chi connectivity index (χ1n) is 6.43. The summed E-state index contributed by atoms with van der Waals surface area (Å²) < 4.78 is 37.2. The van der Waals surface area contributed by atoms with E-state index in [1.165, 1.54) is 12.1 Å². The minimum Gasteiger partial charge on any atom is -0.384 e. The molecule has 19 heavy (non-hydrogen) atoms. The number of nitrogens with one attached hydrogen (secondary N) is 1. The fourth-order valence-electron chi connectivity index (χ4n) is 1.96. The van der Waals surface area contributed by atoms with E-state index in [1.807, 2.05) is 0 Å². The van der Waals surface area contributed by atoms with Gasteiger partial charge in [-0.3, -0.25) is 0 Å². The topological polar surface area (TPSA) is 12.0 Å². The van der Waals surface area contributed by atoms with E-state index in [1.54, 1.807) is 0 Å².